The van der Waals surface area contributed by atoms with Gasteiger partial charge in [-0.25, -0.2) is 8.42 Å². The molecule has 2 N–H and O–H groups in total. The van der Waals surface area contributed by atoms with Gasteiger partial charge < -0.3 is 15.5 Å². The minimum atomic E-state index is -3.27. The van der Waals surface area contributed by atoms with Crippen LogP contribution >= 0.6 is 0 Å². The largest absolute Gasteiger partial charge is 0.355 e. The summed E-state index contributed by atoms with van der Waals surface area (Å²) >= 11 is 0. The first kappa shape index (κ1) is 19.7. The first-order valence-electron chi connectivity index (χ1n) is 8.91. The molecule has 0 aliphatic carbocycles. The average molecular weight is 367 g/mol. The van der Waals surface area contributed by atoms with E-state index in [0.717, 1.165) is 25.9 Å². The third-order valence-corrected chi connectivity index (χ3v) is 6.32. The molecule has 1 saturated heterocycles. The van der Waals surface area contributed by atoms with Crippen LogP contribution < -0.4 is 10.6 Å². The van der Waals surface area contributed by atoms with Gasteiger partial charge in [-0.15, -0.1) is 0 Å². The van der Waals surface area contributed by atoms with Gasteiger partial charge in [0, 0.05) is 38.8 Å². The molecule has 1 heterocycles. The summed E-state index contributed by atoms with van der Waals surface area (Å²) < 4.78 is 24.6. The van der Waals surface area contributed by atoms with Gasteiger partial charge in [0.1, 0.15) is 0 Å². The Morgan fingerprint density at radius 1 is 1.24 bits per heavy atom. The molecule has 0 unspecified atom stereocenters. The fourth-order valence-corrected chi connectivity index (χ4v) is 4.18. The normalized spacial score (nSPS) is 17.7. The molecule has 1 aliphatic heterocycles. The van der Waals surface area contributed by atoms with E-state index in [4.69, 9.17) is 0 Å². The van der Waals surface area contributed by atoms with Crippen molar-refractivity contribution in [1.29, 1.82) is 0 Å². The lowest BCUT2D eigenvalue weighted by molar-refractivity contribution is 0.167. The molecule has 25 heavy (non-hydrogen) atoms. The Labute approximate surface area is 151 Å². The maximum Gasteiger partial charge on any atom is 0.191 e. The standard InChI is InChI=1S/C18H30N4O2S/c1-15(2)22-12-9-16(10-13-22)21-18(19-3)20-11-14-25(23,24)17-7-5-4-6-8-17/h4-8,15-16H,9-14H2,1-3H3,(H2,19,20,21). The van der Waals surface area contributed by atoms with Crippen molar-refractivity contribution in [2.75, 3.05) is 32.4 Å². The van der Waals surface area contributed by atoms with Crippen LogP contribution in [-0.4, -0.2) is 63.8 Å². The number of likely N-dealkylation sites (tertiary alicyclic amines) is 1. The van der Waals surface area contributed by atoms with Crippen LogP contribution in [-0.2, 0) is 9.84 Å². The Bertz CT molecular complexity index is 651. The number of piperidine rings is 1. The minimum Gasteiger partial charge on any atom is -0.355 e. The highest BCUT2D eigenvalue weighted by Gasteiger charge is 2.21. The van der Waals surface area contributed by atoms with Gasteiger partial charge in [-0.2, -0.15) is 0 Å². The summed E-state index contributed by atoms with van der Waals surface area (Å²) in [6, 6.07) is 9.52. The lowest BCUT2D eigenvalue weighted by Crippen LogP contribution is -2.50. The van der Waals surface area contributed by atoms with Crippen molar-refractivity contribution in [2.24, 2.45) is 4.99 Å². The maximum atomic E-state index is 12.3. The zero-order valence-corrected chi connectivity index (χ0v) is 16.2. The minimum absolute atomic E-state index is 0.0451. The Hall–Kier alpha value is -1.60. The predicted molar refractivity (Wildman–Crippen MR) is 103 cm³/mol. The van der Waals surface area contributed by atoms with E-state index in [1.807, 2.05) is 6.07 Å². The Kier molecular flexibility index (Phi) is 7.25. The zero-order chi connectivity index (χ0) is 18.3. The molecule has 1 aliphatic rings. The number of benzene rings is 1. The van der Waals surface area contributed by atoms with Crippen LogP contribution in [0, 0.1) is 0 Å². The molecule has 6 nitrogen and oxygen atoms in total. The first-order valence-corrected chi connectivity index (χ1v) is 10.6. The summed E-state index contributed by atoms with van der Waals surface area (Å²) in [4.78, 5) is 7.05. The SMILES string of the molecule is CN=C(NCCS(=O)(=O)c1ccccc1)NC1CCN(C(C)C)CC1. The van der Waals surface area contributed by atoms with Crippen molar-refractivity contribution >= 4 is 15.8 Å². The highest BCUT2D eigenvalue weighted by Crippen LogP contribution is 2.13. The number of sulfone groups is 1. The Morgan fingerprint density at radius 3 is 2.44 bits per heavy atom. The molecule has 1 aromatic rings. The van der Waals surface area contributed by atoms with E-state index in [0.29, 0.717) is 29.5 Å². The van der Waals surface area contributed by atoms with Crippen molar-refractivity contribution in [3.63, 3.8) is 0 Å². The second-order valence-corrected chi connectivity index (χ2v) is 8.79. The molecule has 0 aromatic heterocycles. The van der Waals surface area contributed by atoms with Gasteiger partial charge in [0.2, 0.25) is 0 Å². The monoisotopic (exact) mass is 366 g/mol. The number of nitrogens with one attached hydrogen (secondary N) is 2. The lowest BCUT2D eigenvalue weighted by atomic mass is 10.0. The molecule has 0 spiro atoms. The van der Waals surface area contributed by atoms with Crippen LogP contribution in [0.5, 0.6) is 0 Å². The molecule has 140 valence electrons. The third-order valence-electron chi connectivity index (χ3n) is 4.59. The van der Waals surface area contributed by atoms with Gasteiger partial charge >= 0.3 is 0 Å². The number of aliphatic imine (C=N–C) groups is 1. The number of hydrogen-bond acceptors (Lipinski definition) is 4. The smallest absolute Gasteiger partial charge is 0.191 e. The molecular formula is C18H30N4O2S. The third kappa shape index (κ3) is 6.01. The van der Waals surface area contributed by atoms with E-state index in [2.05, 4.69) is 34.4 Å². The summed E-state index contributed by atoms with van der Waals surface area (Å²) in [6.07, 6.45) is 2.14. The molecule has 0 radical (unpaired) electrons. The van der Waals surface area contributed by atoms with Crippen LogP contribution in [0.25, 0.3) is 0 Å². The zero-order valence-electron chi connectivity index (χ0n) is 15.4. The van der Waals surface area contributed by atoms with Gasteiger partial charge in [0.25, 0.3) is 0 Å². The number of guanidine groups is 1. The molecule has 0 atom stereocenters. The molecular weight excluding hydrogens is 336 g/mol. The van der Waals surface area contributed by atoms with Crippen molar-refractivity contribution in [3.8, 4) is 0 Å². The van der Waals surface area contributed by atoms with E-state index >= 15 is 0 Å². The van der Waals surface area contributed by atoms with Gasteiger partial charge in [-0.1, -0.05) is 18.2 Å². The van der Waals surface area contributed by atoms with Crippen molar-refractivity contribution in [1.82, 2.24) is 15.5 Å². The fourth-order valence-electron chi connectivity index (χ4n) is 3.00. The Balaban J connectivity index is 1.78. The average Bonchev–Trinajstić information content (AvgIpc) is 2.62. The number of nitrogens with zero attached hydrogens (tertiary/aromatic N) is 2. The van der Waals surface area contributed by atoms with Crippen LogP contribution in [0.1, 0.15) is 26.7 Å². The maximum absolute atomic E-state index is 12.3. The van der Waals surface area contributed by atoms with Crippen LogP contribution in [0.15, 0.2) is 40.2 Å². The summed E-state index contributed by atoms with van der Waals surface area (Å²) in [5.41, 5.74) is 0. The van der Waals surface area contributed by atoms with Gasteiger partial charge in [0.05, 0.1) is 10.6 Å². The van der Waals surface area contributed by atoms with Crippen molar-refractivity contribution in [2.45, 2.75) is 43.7 Å². The van der Waals surface area contributed by atoms with Crippen molar-refractivity contribution in [3.05, 3.63) is 30.3 Å². The topological polar surface area (TPSA) is 73.8 Å². The molecule has 0 amide bonds. The fraction of sp³-hybridized carbons (Fsp3) is 0.611. The summed E-state index contributed by atoms with van der Waals surface area (Å²) in [5, 5.41) is 6.53. The molecule has 0 saturated carbocycles. The second kappa shape index (κ2) is 9.20. The van der Waals surface area contributed by atoms with E-state index in [1.165, 1.54) is 0 Å². The van der Waals surface area contributed by atoms with Crippen LogP contribution in [0.4, 0.5) is 0 Å². The summed E-state index contributed by atoms with van der Waals surface area (Å²) in [5.74, 6) is 0.718. The molecule has 1 aromatic carbocycles. The van der Waals surface area contributed by atoms with Gasteiger partial charge in [-0.05, 0) is 38.8 Å². The first-order chi connectivity index (χ1) is 11.9. The second-order valence-electron chi connectivity index (χ2n) is 6.68. The van der Waals surface area contributed by atoms with Crippen LogP contribution in [0.2, 0.25) is 0 Å². The van der Waals surface area contributed by atoms with E-state index in [-0.39, 0.29) is 5.75 Å². The van der Waals surface area contributed by atoms with Crippen LogP contribution in [0.3, 0.4) is 0 Å². The summed E-state index contributed by atoms with van der Waals surface area (Å²) in [6.45, 7) is 6.94. The highest BCUT2D eigenvalue weighted by atomic mass is 32.2. The quantitative estimate of drug-likeness (QED) is 0.590. The summed E-state index contributed by atoms with van der Waals surface area (Å²) in [7, 11) is -1.55. The van der Waals surface area contributed by atoms with Crippen molar-refractivity contribution < 1.29 is 8.42 Å². The highest BCUT2D eigenvalue weighted by molar-refractivity contribution is 7.91. The molecule has 7 heteroatoms. The Morgan fingerprint density at radius 2 is 1.88 bits per heavy atom. The van der Waals surface area contributed by atoms with Gasteiger partial charge in [0.15, 0.2) is 15.8 Å². The predicted octanol–water partition coefficient (Wildman–Crippen LogP) is 1.50. The molecule has 1 fully saturated rings. The van der Waals surface area contributed by atoms with E-state index in [1.54, 1.807) is 31.3 Å². The van der Waals surface area contributed by atoms with Gasteiger partial charge in [-0.3, -0.25) is 4.99 Å². The lowest BCUT2D eigenvalue weighted by Gasteiger charge is -2.35. The molecule has 2 rings (SSSR count). The number of rotatable bonds is 6. The molecule has 0 bridgehead atoms. The van der Waals surface area contributed by atoms with E-state index in [9.17, 15) is 8.42 Å². The van der Waals surface area contributed by atoms with E-state index < -0.39 is 9.84 Å². The number of hydrogen-bond donors (Lipinski definition) is 2.